The van der Waals surface area contributed by atoms with Crippen molar-refractivity contribution in [3.05, 3.63) is 29.8 Å². The van der Waals surface area contributed by atoms with Gasteiger partial charge >= 0.3 is 0 Å². The molecule has 0 spiro atoms. The molecule has 0 aliphatic carbocycles. The van der Waals surface area contributed by atoms with Gasteiger partial charge in [0.2, 0.25) is 11.1 Å². The Hall–Kier alpha value is -2.09. The summed E-state index contributed by atoms with van der Waals surface area (Å²) in [7, 11) is 0. The zero-order valence-corrected chi connectivity index (χ0v) is 11.6. The Labute approximate surface area is 119 Å². The third kappa shape index (κ3) is 3.95. The predicted molar refractivity (Wildman–Crippen MR) is 75.9 cm³/mol. The van der Waals surface area contributed by atoms with Crippen LogP contribution in [0.5, 0.6) is 0 Å². The van der Waals surface area contributed by atoms with E-state index in [1.807, 2.05) is 0 Å². The molecule has 0 bridgehead atoms. The van der Waals surface area contributed by atoms with Crippen LogP contribution in [0.15, 0.2) is 23.4 Å². The molecule has 1 heterocycles. The van der Waals surface area contributed by atoms with Gasteiger partial charge in [0, 0.05) is 12.2 Å². The number of nitrogens with one attached hydrogen (secondary N) is 2. The second-order valence-electron chi connectivity index (χ2n) is 4.08. The molecule has 2 rings (SSSR count). The number of aromatic amines is 1. The third-order valence-corrected chi connectivity index (χ3v) is 3.27. The second-order valence-corrected chi connectivity index (χ2v) is 5.14. The van der Waals surface area contributed by atoms with Crippen LogP contribution in [0.4, 0.5) is 15.8 Å². The highest BCUT2D eigenvalue weighted by Crippen LogP contribution is 2.20. The highest BCUT2D eigenvalue weighted by Gasteiger charge is 2.07. The van der Waals surface area contributed by atoms with Gasteiger partial charge in [-0.2, -0.15) is 0 Å². The molecule has 0 radical (unpaired) electrons. The maximum absolute atomic E-state index is 12.9. The van der Waals surface area contributed by atoms with Crippen LogP contribution in [-0.4, -0.2) is 26.8 Å². The van der Waals surface area contributed by atoms with Gasteiger partial charge in [0.1, 0.15) is 11.6 Å². The summed E-state index contributed by atoms with van der Waals surface area (Å²) in [4.78, 5) is 15.8. The summed E-state index contributed by atoms with van der Waals surface area (Å²) in [5, 5.41) is 9.92. The van der Waals surface area contributed by atoms with Gasteiger partial charge in [-0.25, -0.2) is 9.37 Å². The number of H-pyrrole nitrogens is 1. The van der Waals surface area contributed by atoms with Gasteiger partial charge in [0.05, 0.1) is 11.4 Å². The van der Waals surface area contributed by atoms with Crippen molar-refractivity contribution in [3.63, 3.8) is 0 Å². The summed E-state index contributed by atoms with van der Waals surface area (Å²) in [6.07, 6.45) is 0.287. The number of benzene rings is 1. The van der Waals surface area contributed by atoms with Crippen molar-refractivity contribution in [2.45, 2.75) is 18.5 Å². The molecule has 20 heavy (non-hydrogen) atoms. The number of amides is 1. The Kier molecular flexibility index (Phi) is 4.57. The van der Waals surface area contributed by atoms with E-state index < -0.39 is 5.82 Å². The molecule has 4 N–H and O–H groups in total. The minimum atomic E-state index is -0.434. The lowest BCUT2D eigenvalue weighted by atomic mass is 10.2. The number of hydrogen-bond acceptors (Lipinski definition) is 5. The first-order chi connectivity index (χ1) is 9.54. The van der Waals surface area contributed by atoms with E-state index in [0.29, 0.717) is 16.6 Å². The maximum atomic E-state index is 12.9. The number of nitrogens with two attached hydrogens (primary N) is 1. The number of halogens is 1. The van der Waals surface area contributed by atoms with Crippen LogP contribution in [-0.2, 0) is 4.79 Å². The van der Waals surface area contributed by atoms with Crippen LogP contribution in [0, 0.1) is 12.7 Å². The average Bonchev–Trinajstić information content (AvgIpc) is 2.79. The maximum Gasteiger partial charge on any atom is 0.225 e. The highest BCUT2D eigenvalue weighted by atomic mass is 32.2. The number of anilines is 2. The molecule has 8 heteroatoms. The summed E-state index contributed by atoms with van der Waals surface area (Å²) >= 11 is 1.38. The Morgan fingerprint density at radius 3 is 3.00 bits per heavy atom. The van der Waals surface area contributed by atoms with Crippen LogP contribution in [0.25, 0.3) is 0 Å². The van der Waals surface area contributed by atoms with Crippen molar-refractivity contribution in [2.24, 2.45) is 0 Å². The first-order valence-electron chi connectivity index (χ1n) is 5.91. The number of nitrogens with zero attached hydrogens (tertiary/aromatic N) is 2. The van der Waals surface area contributed by atoms with E-state index in [1.165, 1.54) is 30.0 Å². The number of hydrogen-bond donors (Lipinski definition) is 3. The fourth-order valence-electron chi connectivity index (χ4n) is 1.48. The van der Waals surface area contributed by atoms with Gasteiger partial charge in [-0.05, 0) is 25.1 Å². The smallest absolute Gasteiger partial charge is 0.225 e. The first kappa shape index (κ1) is 14.3. The average molecular weight is 295 g/mol. The quantitative estimate of drug-likeness (QED) is 0.578. The van der Waals surface area contributed by atoms with E-state index in [1.54, 1.807) is 6.92 Å². The molecule has 1 aromatic heterocycles. The third-order valence-electron chi connectivity index (χ3n) is 2.42. The molecule has 0 aliphatic rings. The largest absolute Gasteiger partial charge is 0.397 e. The summed E-state index contributed by atoms with van der Waals surface area (Å²) in [5.74, 6) is 0.652. The molecule has 6 nitrogen and oxygen atoms in total. The Bertz CT molecular complexity index is 616. The molecule has 106 valence electrons. The van der Waals surface area contributed by atoms with Crippen LogP contribution >= 0.6 is 11.8 Å². The topological polar surface area (TPSA) is 96.7 Å². The van der Waals surface area contributed by atoms with E-state index in [0.717, 1.165) is 5.82 Å². The SMILES string of the molecule is Cc1nc(SCCC(=O)Nc2ccc(F)cc2N)n[nH]1. The lowest BCUT2D eigenvalue weighted by Crippen LogP contribution is -2.13. The minimum absolute atomic E-state index is 0.192. The number of rotatable bonds is 5. The number of carbonyl (C=O) groups excluding carboxylic acids is 1. The number of nitrogen functional groups attached to an aromatic ring is 1. The monoisotopic (exact) mass is 295 g/mol. The lowest BCUT2D eigenvalue weighted by Gasteiger charge is -2.07. The fourth-order valence-corrected chi connectivity index (χ4v) is 2.26. The Morgan fingerprint density at radius 2 is 2.35 bits per heavy atom. The van der Waals surface area contributed by atoms with E-state index in [2.05, 4.69) is 20.5 Å². The second kappa shape index (κ2) is 6.38. The van der Waals surface area contributed by atoms with Crippen molar-refractivity contribution in [3.8, 4) is 0 Å². The minimum Gasteiger partial charge on any atom is -0.397 e. The van der Waals surface area contributed by atoms with Crippen molar-refractivity contribution >= 4 is 29.0 Å². The van der Waals surface area contributed by atoms with E-state index in [-0.39, 0.29) is 18.0 Å². The predicted octanol–water partition coefficient (Wildman–Crippen LogP) is 1.96. The van der Waals surface area contributed by atoms with Crippen molar-refractivity contribution in [1.29, 1.82) is 0 Å². The van der Waals surface area contributed by atoms with Crippen LogP contribution in [0.3, 0.4) is 0 Å². The van der Waals surface area contributed by atoms with Crippen LogP contribution in [0.1, 0.15) is 12.2 Å². The number of aryl methyl sites for hydroxylation is 1. The van der Waals surface area contributed by atoms with E-state index in [9.17, 15) is 9.18 Å². The Balaban J connectivity index is 1.80. The van der Waals surface area contributed by atoms with Gasteiger partial charge in [0.25, 0.3) is 0 Å². The molecular formula is C12H14FN5OS. The van der Waals surface area contributed by atoms with Crippen molar-refractivity contribution in [2.75, 3.05) is 16.8 Å². The van der Waals surface area contributed by atoms with E-state index in [4.69, 9.17) is 5.73 Å². The Morgan fingerprint density at radius 1 is 1.55 bits per heavy atom. The van der Waals surface area contributed by atoms with Gasteiger partial charge in [-0.3, -0.25) is 9.89 Å². The number of carbonyl (C=O) groups is 1. The normalized spacial score (nSPS) is 10.5. The molecule has 2 aromatic rings. The number of thioether (sulfide) groups is 1. The summed E-state index contributed by atoms with van der Waals surface area (Å²) in [5.41, 5.74) is 6.22. The van der Waals surface area contributed by atoms with E-state index >= 15 is 0 Å². The zero-order chi connectivity index (χ0) is 14.5. The van der Waals surface area contributed by atoms with Crippen LogP contribution < -0.4 is 11.1 Å². The fraction of sp³-hybridized carbons (Fsp3) is 0.250. The zero-order valence-electron chi connectivity index (χ0n) is 10.8. The first-order valence-corrected chi connectivity index (χ1v) is 6.90. The summed E-state index contributed by atoms with van der Waals surface area (Å²) < 4.78 is 12.9. The number of aromatic nitrogens is 3. The molecule has 0 atom stereocenters. The summed E-state index contributed by atoms with van der Waals surface area (Å²) in [6.45, 7) is 1.81. The standard InChI is InChI=1S/C12H14FN5OS/c1-7-15-12(18-17-7)20-5-4-11(19)16-10-3-2-8(13)6-9(10)14/h2-3,6H,4-5,14H2,1H3,(H,16,19)(H,15,17,18). The molecule has 0 saturated heterocycles. The van der Waals surface area contributed by atoms with Gasteiger partial charge < -0.3 is 11.1 Å². The molecule has 0 saturated carbocycles. The summed E-state index contributed by atoms with van der Waals surface area (Å²) in [6, 6.07) is 3.85. The van der Waals surface area contributed by atoms with Crippen LogP contribution in [0.2, 0.25) is 0 Å². The molecule has 0 aliphatic heterocycles. The molecule has 0 fully saturated rings. The highest BCUT2D eigenvalue weighted by molar-refractivity contribution is 7.99. The van der Waals surface area contributed by atoms with Gasteiger partial charge in [0.15, 0.2) is 0 Å². The van der Waals surface area contributed by atoms with Gasteiger partial charge in [-0.15, -0.1) is 5.10 Å². The van der Waals surface area contributed by atoms with Gasteiger partial charge in [-0.1, -0.05) is 11.8 Å². The lowest BCUT2D eigenvalue weighted by molar-refractivity contribution is -0.115. The van der Waals surface area contributed by atoms with Crippen molar-refractivity contribution < 1.29 is 9.18 Å². The molecule has 1 aromatic carbocycles. The van der Waals surface area contributed by atoms with Crippen molar-refractivity contribution in [1.82, 2.24) is 15.2 Å². The molecular weight excluding hydrogens is 281 g/mol. The molecule has 1 amide bonds. The molecule has 0 unspecified atom stereocenters.